The summed E-state index contributed by atoms with van der Waals surface area (Å²) in [7, 11) is 0. The first-order valence-corrected chi connectivity index (χ1v) is 5.04. The standard InChI is InChI=1S/C10H14N2O2/c13-7-9-10(14)6-12(11-9)8-4-2-1-3-5-8/h6-8,14H,1-5H2. The molecule has 1 N–H and O–H groups in total. The first-order chi connectivity index (χ1) is 6.81. The van der Waals surface area contributed by atoms with Crippen LogP contribution in [-0.2, 0) is 0 Å². The van der Waals surface area contributed by atoms with E-state index in [4.69, 9.17) is 0 Å². The molecule has 4 nitrogen and oxygen atoms in total. The molecular formula is C10H14N2O2. The highest BCUT2D eigenvalue weighted by atomic mass is 16.3. The van der Waals surface area contributed by atoms with Crippen LogP contribution in [0.1, 0.15) is 48.6 Å². The molecule has 1 saturated carbocycles. The van der Waals surface area contributed by atoms with Gasteiger partial charge in [-0.3, -0.25) is 9.48 Å². The fourth-order valence-electron chi connectivity index (χ4n) is 2.01. The zero-order valence-electron chi connectivity index (χ0n) is 8.02. The van der Waals surface area contributed by atoms with E-state index < -0.39 is 0 Å². The van der Waals surface area contributed by atoms with Crippen molar-refractivity contribution >= 4 is 6.29 Å². The number of rotatable bonds is 2. The largest absolute Gasteiger partial charge is 0.504 e. The lowest BCUT2D eigenvalue weighted by Gasteiger charge is -2.21. The summed E-state index contributed by atoms with van der Waals surface area (Å²) in [6.45, 7) is 0. The molecule has 0 aliphatic heterocycles. The van der Waals surface area contributed by atoms with Crippen LogP contribution in [0.4, 0.5) is 0 Å². The van der Waals surface area contributed by atoms with Crippen molar-refractivity contribution in [3.05, 3.63) is 11.9 Å². The van der Waals surface area contributed by atoms with Gasteiger partial charge in [0.05, 0.1) is 12.2 Å². The summed E-state index contributed by atoms with van der Waals surface area (Å²) in [5.74, 6) is -0.00873. The molecule has 0 aromatic carbocycles. The van der Waals surface area contributed by atoms with E-state index in [9.17, 15) is 9.90 Å². The van der Waals surface area contributed by atoms with Crippen LogP contribution in [-0.4, -0.2) is 21.2 Å². The molecule has 76 valence electrons. The van der Waals surface area contributed by atoms with Gasteiger partial charge in [0.15, 0.2) is 17.7 Å². The highest BCUT2D eigenvalue weighted by Gasteiger charge is 2.17. The monoisotopic (exact) mass is 194 g/mol. The summed E-state index contributed by atoms with van der Waals surface area (Å²) in [5, 5.41) is 13.4. The van der Waals surface area contributed by atoms with Gasteiger partial charge in [0, 0.05) is 0 Å². The van der Waals surface area contributed by atoms with Crippen LogP contribution < -0.4 is 0 Å². The topological polar surface area (TPSA) is 55.1 Å². The fraction of sp³-hybridized carbons (Fsp3) is 0.600. The summed E-state index contributed by atoms with van der Waals surface area (Å²) in [6.07, 6.45) is 8.04. The van der Waals surface area contributed by atoms with Gasteiger partial charge in [-0.25, -0.2) is 0 Å². The van der Waals surface area contributed by atoms with Crippen molar-refractivity contribution in [2.45, 2.75) is 38.1 Å². The molecule has 0 radical (unpaired) electrons. The lowest BCUT2D eigenvalue weighted by molar-refractivity contribution is 0.111. The molecule has 0 amide bonds. The van der Waals surface area contributed by atoms with Crippen molar-refractivity contribution in [1.29, 1.82) is 0 Å². The van der Waals surface area contributed by atoms with Gasteiger partial charge in [-0.05, 0) is 12.8 Å². The first kappa shape index (κ1) is 9.24. The fourth-order valence-corrected chi connectivity index (χ4v) is 2.01. The van der Waals surface area contributed by atoms with E-state index in [1.807, 2.05) is 0 Å². The van der Waals surface area contributed by atoms with Crippen molar-refractivity contribution in [2.24, 2.45) is 0 Å². The van der Waals surface area contributed by atoms with Gasteiger partial charge in [-0.2, -0.15) is 5.10 Å². The second-order valence-corrected chi connectivity index (χ2v) is 3.79. The smallest absolute Gasteiger partial charge is 0.174 e. The van der Waals surface area contributed by atoms with Crippen LogP contribution in [0.3, 0.4) is 0 Å². The molecule has 1 heterocycles. The molecule has 0 atom stereocenters. The van der Waals surface area contributed by atoms with Gasteiger partial charge in [0.25, 0.3) is 0 Å². The minimum absolute atomic E-state index is 0.00873. The van der Waals surface area contributed by atoms with Crippen molar-refractivity contribution < 1.29 is 9.90 Å². The second-order valence-electron chi connectivity index (χ2n) is 3.79. The SMILES string of the molecule is O=Cc1nn(C2CCCCC2)cc1O. The predicted molar refractivity (Wildman–Crippen MR) is 51.4 cm³/mol. The summed E-state index contributed by atoms with van der Waals surface area (Å²) in [5.41, 5.74) is 0.149. The third-order valence-electron chi connectivity index (χ3n) is 2.80. The zero-order chi connectivity index (χ0) is 9.97. The maximum Gasteiger partial charge on any atom is 0.174 e. The Labute approximate surface area is 82.5 Å². The Balaban J connectivity index is 2.18. The number of carbonyl (C=O) groups excluding carboxylic acids is 1. The average Bonchev–Trinajstić information content (AvgIpc) is 2.61. The Morgan fingerprint density at radius 3 is 2.71 bits per heavy atom. The normalized spacial score (nSPS) is 18.3. The Morgan fingerprint density at radius 1 is 1.43 bits per heavy atom. The summed E-state index contributed by atoms with van der Waals surface area (Å²) < 4.78 is 1.73. The average molecular weight is 194 g/mol. The molecule has 1 aliphatic rings. The molecule has 0 saturated heterocycles. The molecule has 2 rings (SSSR count). The van der Waals surface area contributed by atoms with E-state index in [-0.39, 0.29) is 11.4 Å². The molecule has 4 heteroatoms. The van der Waals surface area contributed by atoms with E-state index in [1.54, 1.807) is 10.9 Å². The van der Waals surface area contributed by atoms with Crippen molar-refractivity contribution in [1.82, 2.24) is 9.78 Å². The lowest BCUT2D eigenvalue weighted by atomic mass is 9.96. The molecule has 1 aromatic rings. The van der Waals surface area contributed by atoms with E-state index in [0.717, 1.165) is 12.8 Å². The molecule has 14 heavy (non-hydrogen) atoms. The minimum atomic E-state index is -0.00873. The Kier molecular flexibility index (Phi) is 2.52. The molecule has 1 aromatic heterocycles. The van der Waals surface area contributed by atoms with Crippen LogP contribution in [0.2, 0.25) is 0 Å². The number of aromatic nitrogens is 2. The molecule has 0 spiro atoms. The van der Waals surface area contributed by atoms with Crippen LogP contribution in [0.5, 0.6) is 5.75 Å². The Hall–Kier alpha value is -1.32. The molecular weight excluding hydrogens is 180 g/mol. The summed E-state index contributed by atoms with van der Waals surface area (Å²) in [4.78, 5) is 10.5. The van der Waals surface area contributed by atoms with E-state index in [0.29, 0.717) is 12.3 Å². The summed E-state index contributed by atoms with van der Waals surface area (Å²) in [6, 6.07) is 0.364. The highest BCUT2D eigenvalue weighted by Crippen LogP contribution is 2.29. The lowest BCUT2D eigenvalue weighted by Crippen LogP contribution is -2.13. The van der Waals surface area contributed by atoms with Gasteiger partial charge in [-0.15, -0.1) is 0 Å². The maximum atomic E-state index is 10.5. The van der Waals surface area contributed by atoms with Gasteiger partial charge < -0.3 is 5.11 Å². The van der Waals surface area contributed by atoms with Crippen molar-refractivity contribution in [3.8, 4) is 5.75 Å². The van der Waals surface area contributed by atoms with Gasteiger partial charge in [-0.1, -0.05) is 19.3 Å². The van der Waals surface area contributed by atoms with Gasteiger partial charge in [0.1, 0.15) is 0 Å². The number of aldehydes is 1. The number of nitrogens with zero attached hydrogens (tertiary/aromatic N) is 2. The molecule has 1 aliphatic carbocycles. The molecule has 0 unspecified atom stereocenters. The Bertz CT molecular complexity index is 327. The van der Waals surface area contributed by atoms with Crippen molar-refractivity contribution in [3.63, 3.8) is 0 Å². The zero-order valence-corrected chi connectivity index (χ0v) is 8.02. The van der Waals surface area contributed by atoms with Crippen LogP contribution in [0, 0.1) is 0 Å². The van der Waals surface area contributed by atoms with Gasteiger partial charge in [0.2, 0.25) is 0 Å². The van der Waals surface area contributed by atoms with Crippen LogP contribution in [0.25, 0.3) is 0 Å². The van der Waals surface area contributed by atoms with E-state index >= 15 is 0 Å². The number of hydrogen-bond donors (Lipinski definition) is 1. The third-order valence-corrected chi connectivity index (χ3v) is 2.80. The molecule has 0 bridgehead atoms. The minimum Gasteiger partial charge on any atom is -0.504 e. The second kappa shape index (κ2) is 3.82. The first-order valence-electron chi connectivity index (χ1n) is 5.04. The number of aromatic hydroxyl groups is 1. The van der Waals surface area contributed by atoms with Crippen LogP contribution >= 0.6 is 0 Å². The maximum absolute atomic E-state index is 10.5. The Morgan fingerprint density at radius 2 is 2.14 bits per heavy atom. The predicted octanol–water partition coefficient (Wildman–Crippen LogP) is 1.91. The van der Waals surface area contributed by atoms with E-state index in [2.05, 4.69) is 5.10 Å². The summed E-state index contributed by atoms with van der Waals surface area (Å²) >= 11 is 0. The third kappa shape index (κ3) is 1.64. The molecule has 1 fully saturated rings. The number of hydrogen-bond acceptors (Lipinski definition) is 3. The van der Waals surface area contributed by atoms with Crippen LogP contribution in [0.15, 0.2) is 6.20 Å². The van der Waals surface area contributed by atoms with Crippen molar-refractivity contribution in [2.75, 3.05) is 0 Å². The van der Waals surface area contributed by atoms with Gasteiger partial charge >= 0.3 is 0 Å². The quantitative estimate of drug-likeness (QED) is 0.731. The highest BCUT2D eigenvalue weighted by molar-refractivity contribution is 5.75. The number of carbonyl (C=O) groups is 1. The van der Waals surface area contributed by atoms with E-state index in [1.165, 1.54) is 19.3 Å².